The molecule has 1 aliphatic heterocycles. The fraction of sp³-hybridized carbons (Fsp3) is 0.263. The van der Waals surface area contributed by atoms with E-state index in [4.69, 9.17) is 10.00 Å². The fourth-order valence-corrected chi connectivity index (χ4v) is 2.78. The number of para-hydroxylation sites is 1. The second-order valence-electron chi connectivity index (χ2n) is 5.58. The average molecular weight is 306 g/mol. The number of anilines is 1. The van der Waals surface area contributed by atoms with Crippen LogP contribution in [-0.2, 0) is 4.74 Å². The largest absolute Gasteiger partial charge is 0.376 e. The summed E-state index contributed by atoms with van der Waals surface area (Å²) in [4.78, 5) is 14.7. The Balaban J connectivity index is 1.90. The molecule has 0 N–H and O–H groups in total. The average Bonchev–Trinajstić information content (AvgIpc) is 3.13. The molecule has 0 bridgehead atoms. The second kappa shape index (κ2) is 7.08. The van der Waals surface area contributed by atoms with E-state index in [0.717, 1.165) is 25.1 Å². The van der Waals surface area contributed by atoms with E-state index >= 15 is 0 Å². The summed E-state index contributed by atoms with van der Waals surface area (Å²) < 4.78 is 5.69. The summed E-state index contributed by atoms with van der Waals surface area (Å²) in [5.41, 5.74) is 1.85. The van der Waals surface area contributed by atoms with Crippen molar-refractivity contribution >= 4 is 11.6 Å². The van der Waals surface area contributed by atoms with E-state index in [1.54, 1.807) is 29.2 Å². The predicted molar refractivity (Wildman–Crippen MR) is 88.2 cm³/mol. The number of carbonyl (C=O) groups is 1. The highest BCUT2D eigenvalue weighted by atomic mass is 16.5. The van der Waals surface area contributed by atoms with Gasteiger partial charge in [0.2, 0.25) is 0 Å². The molecular weight excluding hydrogens is 288 g/mol. The van der Waals surface area contributed by atoms with Gasteiger partial charge >= 0.3 is 0 Å². The van der Waals surface area contributed by atoms with Gasteiger partial charge in [-0.15, -0.1) is 0 Å². The molecule has 2 aromatic carbocycles. The van der Waals surface area contributed by atoms with Crippen molar-refractivity contribution in [2.24, 2.45) is 0 Å². The van der Waals surface area contributed by atoms with Crippen molar-refractivity contribution in [3.8, 4) is 6.07 Å². The molecule has 1 heterocycles. The second-order valence-corrected chi connectivity index (χ2v) is 5.58. The first-order valence-corrected chi connectivity index (χ1v) is 7.76. The number of nitrogens with zero attached hydrogens (tertiary/aromatic N) is 2. The van der Waals surface area contributed by atoms with Gasteiger partial charge in [0.25, 0.3) is 5.91 Å². The Hall–Kier alpha value is -2.64. The normalized spacial score (nSPS) is 16.7. The van der Waals surface area contributed by atoms with Crippen LogP contribution in [0.3, 0.4) is 0 Å². The van der Waals surface area contributed by atoms with Crippen LogP contribution in [0.1, 0.15) is 28.8 Å². The SMILES string of the molecule is N#Cc1cccc(C(=O)N(CC2CCCO2)c2ccccc2)c1. The molecule has 1 fully saturated rings. The van der Waals surface area contributed by atoms with Crippen LogP contribution in [-0.4, -0.2) is 25.2 Å². The van der Waals surface area contributed by atoms with Crippen LogP contribution in [0, 0.1) is 11.3 Å². The van der Waals surface area contributed by atoms with Crippen molar-refractivity contribution in [3.63, 3.8) is 0 Å². The van der Waals surface area contributed by atoms with E-state index in [1.807, 2.05) is 30.3 Å². The van der Waals surface area contributed by atoms with Gasteiger partial charge in [0.15, 0.2) is 0 Å². The maximum Gasteiger partial charge on any atom is 0.258 e. The molecule has 4 nitrogen and oxygen atoms in total. The number of hydrogen-bond donors (Lipinski definition) is 0. The molecular formula is C19H18N2O2. The Morgan fingerprint density at radius 2 is 2.04 bits per heavy atom. The van der Waals surface area contributed by atoms with E-state index < -0.39 is 0 Å². The number of amides is 1. The van der Waals surface area contributed by atoms with Gasteiger partial charge in [0.1, 0.15) is 0 Å². The first-order chi connectivity index (χ1) is 11.3. The van der Waals surface area contributed by atoms with Crippen molar-refractivity contribution < 1.29 is 9.53 Å². The summed E-state index contributed by atoms with van der Waals surface area (Å²) in [6.07, 6.45) is 2.07. The smallest absolute Gasteiger partial charge is 0.258 e. The molecule has 1 aliphatic rings. The molecule has 0 aliphatic carbocycles. The van der Waals surface area contributed by atoms with Crippen molar-refractivity contribution in [2.45, 2.75) is 18.9 Å². The Morgan fingerprint density at radius 1 is 1.22 bits per heavy atom. The standard InChI is InChI=1S/C19H18N2O2/c20-13-15-6-4-7-16(12-15)19(22)21(14-18-10-5-11-23-18)17-8-2-1-3-9-17/h1-4,6-9,12,18H,5,10-11,14H2. The number of hydrogen-bond acceptors (Lipinski definition) is 3. The highest BCUT2D eigenvalue weighted by molar-refractivity contribution is 6.06. The minimum atomic E-state index is -0.108. The molecule has 2 aromatic rings. The third kappa shape index (κ3) is 3.58. The van der Waals surface area contributed by atoms with Crippen LogP contribution >= 0.6 is 0 Å². The van der Waals surface area contributed by atoms with Gasteiger partial charge < -0.3 is 9.64 Å². The van der Waals surface area contributed by atoms with Crippen LogP contribution in [0.25, 0.3) is 0 Å². The van der Waals surface area contributed by atoms with Gasteiger partial charge in [-0.25, -0.2) is 0 Å². The minimum absolute atomic E-state index is 0.0679. The van der Waals surface area contributed by atoms with E-state index in [1.165, 1.54) is 0 Å². The molecule has 1 unspecified atom stereocenters. The summed E-state index contributed by atoms with van der Waals surface area (Å²) in [5.74, 6) is -0.108. The molecule has 116 valence electrons. The van der Waals surface area contributed by atoms with E-state index in [0.29, 0.717) is 17.7 Å². The summed E-state index contributed by atoms with van der Waals surface area (Å²) in [7, 11) is 0. The first-order valence-electron chi connectivity index (χ1n) is 7.76. The first kappa shape index (κ1) is 15.3. The van der Waals surface area contributed by atoms with Gasteiger partial charge in [-0.05, 0) is 43.2 Å². The van der Waals surface area contributed by atoms with E-state index in [9.17, 15) is 4.79 Å². The third-order valence-corrected chi connectivity index (χ3v) is 3.96. The molecule has 0 saturated carbocycles. The van der Waals surface area contributed by atoms with Crippen molar-refractivity contribution in [2.75, 3.05) is 18.1 Å². The number of nitriles is 1. The van der Waals surface area contributed by atoms with Crippen molar-refractivity contribution in [1.82, 2.24) is 0 Å². The van der Waals surface area contributed by atoms with Crippen molar-refractivity contribution in [1.29, 1.82) is 5.26 Å². The third-order valence-electron chi connectivity index (χ3n) is 3.96. The fourth-order valence-electron chi connectivity index (χ4n) is 2.78. The van der Waals surface area contributed by atoms with Crippen LogP contribution in [0.5, 0.6) is 0 Å². The lowest BCUT2D eigenvalue weighted by atomic mass is 10.1. The molecule has 4 heteroatoms. The lowest BCUT2D eigenvalue weighted by molar-refractivity contribution is 0.0917. The number of ether oxygens (including phenoxy) is 1. The summed E-state index contributed by atoms with van der Waals surface area (Å²) in [5, 5.41) is 9.03. The molecule has 1 atom stereocenters. The summed E-state index contributed by atoms with van der Waals surface area (Å²) in [6, 6.07) is 18.5. The molecule has 1 saturated heterocycles. The van der Waals surface area contributed by atoms with Crippen LogP contribution in [0.2, 0.25) is 0 Å². The minimum Gasteiger partial charge on any atom is -0.376 e. The highest BCUT2D eigenvalue weighted by Crippen LogP contribution is 2.21. The maximum atomic E-state index is 13.0. The number of benzene rings is 2. The number of rotatable bonds is 4. The molecule has 0 spiro atoms. The molecule has 1 amide bonds. The summed E-state index contributed by atoms with van der Waals surface area (Å²) in [6.45, 7) is 1.28. The van der Waals surface area contributed by atoms with Crippen molar-refractivity contribution in [3.05, 3.63) is 65.7 Å². The Labute approximate surface area is 135 Å². The lowest BCUT2D eigenvalue weighted by Gasteiger charge is -2.25. The van der Waals surface area contributed by atoms with Gasteiger partial charge in [-0.2, -0.15) is 5.26 Å². The predicted octanol–water partition coefficient (Wildman–Crippen LogP) is 3.38. The quantitative estimate of drug-likeness (QED) is 0.870. The zero-order chi connectivity index (χ0) is 16.1. The van der Waals surface area contributed by atoms with Crippen LogP contribution < -0.4 is 4.90 Å². The van der Waals surface area contributed by atoms with E-state index in [-0.39, 0.29) is 12.0 Å². The van der Waals surface area contributed by atoms with Gasteiger partial charge in [-0.3, -0.25) is 4.79 Å². The Bertz CT molecular complexity index is 716. The van der Waals surface area contributed by atoms with Crippen LogP contribution in [0.4, 0.5) is 5.69 Å². The molecule has 0 radical (unpaired) electrons. The Morgan fingerprint density at radius 3 is 2.74 bits per heavy atom. The molecule has 0 aromatic heterocycles. The van der Waals surface area contributed by atoms with Crippen LogP contribution in [0.15, 0.2) is 54.6 Å². The van der Waals surface area contributed by atoms with E-state index in [2.05, 4.69) is 6.07 Å². The highest BCUT2D eigenvalue weighted by Gasteiger charge is 2.24. The van der Waals surface area contributed by atoms with Gasteiger partial charge in [-0.1, -0.05) is 24.3 Å². The molecule has 23 heavy (non-hydrogen) atoms. The summed E-state index contributed by atoms with van der Waals surface area (Å²) >= 11 is 0. The zero-order valence-electron chi connectivity index (χ0n) is 12.8. The van der Waals surface area contributed by atoms with Gasteiger partial charge in [0, 0.05) is 17.9 Å². The lowest BCUT2D eigenvalue weighted by Crippen LogP contribution is -2.37. The monoisotopic (exact) mass is 306 g/mol. The van der Waals surface area contributed by atoms with Gasteiger partial charge in [0.05, 0.1) is 24.3 Å². The number of carbonyl (C=O) groups excluding carboxylic acids is 1. The molecule has 3 rings (SSSR count). The topological polar surface area (TPSA) is 53.3 Å². The maximum absolute atomic E-state index is 13.0. The zero-order valence-corrected chi connectivity index (χ0v) is 12.8. The Kier molecular flexibility index (Phi) is 4.70.